The molecule has 0 spiro atoms. The van der Waals surface area contributed by atoms with E-state index in [0.29, 0.717) is 34.3 Å². The monoisotopic (exact) mass is 415 g/mol. The van der Waals surface area contributed by atoms with Crippen molar-refractivity contribution in [1.29, 1.82) is 5.41 Å². The second kappa shape index (κ2) is 7.93. The van der Waals surface area contributed by atoms with Gasteiger partial charge in [-0.15, -0.1) is 0 Å². The summed E-state index contributed by atoms with van der Waals surface area (Å²) in [6.45, 7) is 2.29. The highest BCUT2D eigenvalue weighted by Crippen LogP contribution is 2.29. The van der Waals surface area contributed by atoms with Crippen LogP contribution in [0.1, 0.15) is 24.8 Å². The number of nitrogens with zero attached hydrogens (tertiary/aromatic N) is 3. The number of rotatable bonds is 6. The number of imidazole rings is 1. The molecule has 0 aliphatic heterocycles. The summed E-state index contributed by atoms with van der Waals surface area (Å²) in [6, 6.07) is 5.64. The normalized spacial score (nSPS) is 12.0. The Kier molecular flexibility index (Phi) is 5.81. The van der Waals surface area contributed by atoms with E-state index < -0.39 is 12.6 Å². The fourth-order valence-electron chi connectivity index (χ4n) is 2.66. The Balaban J connectivity index is 1.81. The van der Waals surface area contributed by atoms with Crippen molar-refractivity contribution in [3.8, 4) is 0 Å². The number of hydrogen-bond acceptors (Lipinski definition) is 4. The van der Waals surface area contributed by atoms with Crippen molar-refractivity contribution in [3.05, 3.63) is 40.6 Å². The number of fused-ring (bicyclic) bond motifs is 1. The minimum Gasteiger partial charge on any atom is -0.328 e. The smallest absolute Gasteiger partial charge is 0.328 e. The van der Waals surface area contributed by atoms with Gasteiger partial charge in [0.05, 0.1) is 6.33 Å². The van der Waals surface area contributed by atoms with Gasteiger partial charge < -0.3 is 9.55 Å². The van der Waals surface area contributed by atoms with Crippen LogP contribution in [0.2, 0.25) is 5.02 Å². The van der Waals surface area contributed by atoms with Crippen LogP contribution < -0.4 is 5.49 Å². The first-order valence-corrected chi connectivity index (χ1v) is 9.42. The molecule has 2 N–H and O–H groups in total. The predicted molar refractivity (Wildman–Crippen MR) is 98.0 cm³/mol. The molecule has 27 heavy (non-hydrogen) atoms. The van der Waals surface area contributed by atoms with Crippen molar-refractivity contribution in [2.45, 2.75) is 49.0 Å². The summed E-state index contributed by atoms with van der Waals surface area (Å²) in [4.78, 5) is 12.5. The molecule has 144 valence electrons. The highest BCUT2D eigenvalue weighted by molar-refractivity contribution is 7.99. The van der Waals surface area contributed by atoms with Gasteiger partial charge in [0.1, 0.15) is 5.52 Å². The second-order valence-corrected chi connectivity index (χ2v) is 7.66. The highest BCUT2D eigenvalue weighted by atomic mass is 35.5. The molecule has 0 saturated heterocycles. The topological polar surface area (TPSA) is 70.3 Å². The minimum absolute atomic E-state index is 0.0362. The Hall–Kier alpha value is -2.00. The Morgan fingerprint density at radius 3 is 2.74 bits per heavy atom. The second-order valence-electron chi connectivity index (χ2n) is 6.17. The number of benzene rings is 1. The number of halogens is 4. The maximum Gasteiger partial charge on any atom is 0.389 e. The molecule has 0 bridgehead atoms. The van der Waals surface area contributed by atoms with Crippen LogP contribution in [0.4, 0.5) is 13.2 Å². The lowest BCUT2D eigenvalue weighted by atomic mass is 10.2. The third-order valence-corrected chi connectivity index (χ3v) is 4.91. The van der Waals surface area contributed by atoms with E-state index in [0.717, 1.165) is 10.5 Å². The zero-order valence-electron chi connectivity index (χ0n) is 14.4. The van der Waals surface area contributed by atoms with Crippen LogP contribution in [0.15, 0.2) is 34.6 Å². The van der Waals surface area contributed by atoms with Gasteiger partial charge in [-0.05, 0) is 43.5 Å². The van der Waals surface area contributed by atoms with E-state index in [1.54, 1.807) is 4.57 Å². The summed E-state index contributed by atoms with van der Waals surface area (Å²) in [5.41, 5.74) is 2.01. The van der Waals surface area contributed by atoms with E-state index in [2.05, 4.69) is 15.0 Å². The molecule has 5 nitrogen and oxygen atoms in total. The van der Waals surface area contributed by atoms with Gasteiger partial charge >= 0.3 is 6.18 Å². The summed E-state index contributed by atoms with van der Waals surface area (Å²) in [5, 5.41) is 9.13. The third kappa shape index (κ3) is 5.26. The molecule has 3 rings (SSSR count). The number of aromatic nitrogens is 4. The molecule has 0 radical (unpaired) electrons. The summed E-state index contributed by atoms with van der Waals surface area (Å²) in [5.74, 6) is 0. The molecule has 1 aromatic carbocycles. The number of alkyl halides is 3. The molecule has 0 aliphatic carbocycles. The van der Waals surface area contributed by atoms with Crippen molar-refractivity contribution in [2.24, 2.45) is 0 Å². The molecular formula is C17H17ClF3N5S. The molecule has 2 heterocycles. The minimum atomic E-state index is -4.14. The average molecular weight is 416 g/mol. The third-order valence-electron chi connectivity index (χ3n) is 3.84. The van der Waals surface area contributed by atoms with Crippen LogP contribution in [-0.4, -0.2) is 25.7 Å². The molecule has 0 aliphatic rings. The first-order valence-electron chi connectivity index (χ1n) is 8.23. The predicted octanol–water partition coefficient (Wildman–Crippen LogP) is 5.08. The Bertz CT molecular complexity index is 992. The zero-order valence-corrected chi connectivity index (χ0v) is 16.0. The van der Waals surface area contributed by atoms with Gasteiger partial charge in [0.15, 0.2) is 16.3 Å². The van der Waals surface area contributed by atoms with Crippen LogP contribution >= 0.6 is 23.4 Å². The van der Waals surface area contributed by atoms with E-state index in [1.807, 2.05) is 25.1 Å². The number of unbranched alkanes of at least 4 members (excludes halogenated alkanes) is 1. The van der Waals surface area contributed by atoms with Gasteiger partial charge in [-0.3, -0.25) is 5.41 Å². The van der Waals surface area contributed by atoms with Crippen LogP contribution in [0.25, 0.3) is 11.2 Å². The number of aromatic amines is 1. The van der Waals surface area contributed by atoms with E-state index in [-0.39, 0.29) is 11.9 Å². The molecule has 2 aromatic heterocycles. The number of hydrogen-bond donors (Lipinski definition) is 2. The van der Waals surface area contributed by atoms with Gasteiger partial charge in [-0.1, -0.05) is 23.4 Å². The summed E-state index contributed by atoms with van der Waals surface area (Å²) < 4.78 is 38.5. The lowest BCUT2D eigenvalue weighted by molar-refractivity contribution is -0.135. The fraction of sp³-hybridized carbons (Fsp3) is 0.353. The maximum absolute atomic E-state index is 12.3. The molecule has 0 saturated carbocycles. The van der Waals surface area contributed by atoms with Crippen molar-refractivity contribution in [2.75, 3.05) is 0 Å². The first-order chi connectivity index (χ1) is 12.7. The van der Waals surface area contributed by atoms with E-state index >= 15 is 0 Å². The first kappa shape index (κ1) is 19.8. The average Bonchev–Trinajstić information content (AvgIpc) is 2.96. The summed E-state index contributed by atoms with van der Waals surface area (Å²) in [7, 11) is 0. The van der Waals surface area contributed by atoms with E-state index in [9.17, 15) is 13.2 Å². The highest BCUT2D eigenvalue weighted by Gasteiger charge is 2.25. The molecule has 10 heteroatoms. The van der Waals surface area contributed by atoms with Crippen molar-refractivity contribution in [1.82, 2.24) is 19.5 Å². The Morgan fingerprint density at radius 1 is 1.26 bits per heavy atom. The van der Waals surface area contributed by atoms with Crippen molar-refractivity contribution < 1.29 is 13.2 Å². The number of nitrogens with one attached hydrogen (secondary N) is 2. The molecule has 0 fully saturated rings. The lowest BCUT2D eigenvalue weighted by Crippen LogP contribution is -2.13. The Labute approximate surface area is 162 Å². The zero-order chi connectivity index (χ0) is 19.6. The molecule has 3 aromatic rings. The molecule has 0 unspecified atom stereocenters. The Morgan fingerprint density at radius 2 is 2.04 bits per heavy atom. The van der Waals surface area contributed by atoms with Gasteiger partial charge in [0, 0.05) is 22.9 Å². The molecule has 0 amide bonds. The SMILES string of the molecule is Cc1cc(Cl)cc(Sc2nc3c([nH]2)c(=N)ncn3CCCCC(F)(F)F)c1. The quantitative estimate of drug-likeness (QED) is 0.551. The van der Waals surface area contributed by atoms with Crippen molar-refractivity contribution in [3.63, 3.8) is 0 Å². The molecule has 0 atom stereocenters. The lowest BCUT2D eigenvalue weighted by Gasteiger charge is -2.08. The van der Waals surface area contributed by atoms with E-state index in [1.165, 1.54) is 18.1 Å². The van der Waals surface area contributed by atoms with E-state index in [4.69, 9.17) is 17.0 Å². The fourth-order valence-corrected chi connectivity index (χ4v) is 3.95. The number of aryl methyl sites for hydroxylation is 2. The van der Waals surface area contributed by atoms with Crippen LogP contribution in [0.3, 0.4) is 0 Å². The summed E-state index contributed by atoms with van der Waals surface area (Å²) in [6.07, 6.45) is -3.13. The standard InChI is InChI=1S/C17H17ClF3N5S/c1-10-6-11(18)8-12(7-10)27-16-24-13-14(22)23-9-26(15(13)25-16)5-3-2-4-17(19,20)21/h6-9,22H,2-5H2,1H3,(H,24,25). The van der Waals surface area contributed by atoms with Gasteiger partial charge in [0.25, 0.3) is 0 Å². The van der Waals surface area contributed by atoms with Gasteiger partial charge in [-0.2, -0.15) is 13.2 Å². The number of H-pyrrole nitrogens is 1. The van der Waals surface area contributed by atoms with Crippen molar-refractivity contribution >= 4 is 34.5 Å². The maximum atomic E-state index is 12.3. The molecular weight excluding hydrogens is 399 g/mol. The van der Waals surface area contributed by atoms with Gasteiger partial charge in [0.2, 0.25) is 0 Å². The van der Waals surface area contributed by atoms with Crippen LogP contribution in [0, 0.1) is 12.3 Å². The van der Waals surface area contributed by atoms with Gasteiger partial charge in [-0.25, -0.2) is 9.97 Å². The summed E-state index contributed by atoms with van der Waals surface area (Å²) >= 11 is 7.45. The van der Waals surface area contributed by atoms with Crippen LogP contribution in [0.5, 0.6) is 0 Å². The largest absolute Gasteiger partial charge is 0.389 e. The van der Waals surface area contributed by atoms with Crippen LogP contribution in [-0.2, 0) is 6.54 Å².